The molecule has 0 bridgehead atoms. The predicted molar refractivity (Wildman–Crippen MR) is 92.4 cm³/mol. The van der Waals surface area contributed by atoms with Crippen molar-refractivity contribution in [2.45, 2.75) is 35.9 Å². The fourth-order valence-corrected chi connectivity index (χ4v) is 5.47. The molecule has 0 fully saturated rings. The lowest BCUT2D eigenvalue weighted by molar-refractivity contribution is -0.142. The number of carboxylic acid groups (broad SMARTS) is 1. The van der Waals surface area contributed by atoms with Gasteiger partial charge in [-0.3, -0.25) is 4.79 Å². The first-order chi connectivity index (χ1) is 10.3. The van der Waals surface area contributed by atoms with Gasteiger partial charge in [0.15, 0.2) is 4.34 Å². The van der Waals surface area contributed by atoms with Gasteiger partial charge in [0.2, 0.25) is 5.91 Å². The summed E-state index contributed by atoms with van der Waals surface area (Å²) < 4.78 is 1.28. The van der Waals surface area contributed by atoms with Crippen molar-refractivity contribution in [1.82, 2.24) is 10.3 Å². The number of amides is 1. The van der Waals surface area contributed by atoms with Crippen LogP contribution in [0.5, 0.6) is 0 Å². The normalized spacial score (nSPS) is 13.0. The first-order valence-corrected chi connectivity index (χ1v) is 9.47. The quantitative estimate of drug-likeness (QED) is 0.772. The van der Waals surface area contributed by atoms with Gasteiger partial charge in [0.05, 0.1) is 15.0 Å². The van der Waals surface area contributed by atoms with Gasteiger partial charge in [0.1, 0.15) is 6.04 Å². The van der Waals surface area contributed by atoms with Crippen molar-refractivity contribution in [3.63, 3.8) is 0 Å². The summed E-state index contributed by atoms with van der Waals surface area (Å²) >= 11 is 1.57. The molecule has 0 aliphatic carbocycles. The predicted octanol–water partition coefficient (Wildman–Crippen LogP) is 3.40. The number of carboxylic acids is 1. The summed E-state index contributed by atoms with van der Waals surface area (Å²) in [6.45, 7) is 4.91. The number of thiazole rings is 1. The maximum absolute atomic E-state index is 11.4. The molecule has 0 spiro atoms. The largest absolute Gasteiger partial charge is 0.480 e. The average molecular weight is 356 g/mol. The lowest BCUT2D eigenvalue weighted by atomic mass is 10.0. The summed E-state index contributed by atoms with van der Waals surface area (Å²) in [5.74, 6) is -1.40. The van der Waals surface area contributed by atoms with Crippen LogP contribution in [0.15, 0.2) is 28.6 Å². The van der Waals surface area contributed by atoms with E-state index in [1.54, 1.807) is 25.2 Å². The Hall–Kier alpha value is -1.25. The minimum absolute atomic E-state index is 0.355. The van der Waals surface area contributed by atoms with Crippen LogP contribution in [-0.2, 0) is 9.59 Å². The van der Waals surface area contributed by atoms with Crippen LogP contribution in [0, 0.1) is 0 Å². The van der Waals surface area contributed by atoms with Crippen molar-refractivity contribution in [3.05, 3.63) is 24.3 Å². The van der Waals surface area contributed by atoms with E-state index in [2.05, 4.69) is 10.3 Å². The Balaban J connectivity index is 2.10. The third-order valence-corrected chi connectivity index (χ3v) is 7.53. The number of fused-ring (bicyclic) bond motifs is 1. The van der Waals surface area contributed by atoms with Gasteiger partial charge in [0, 0.05) is 6.92 Å². The van der Waals surface area contributed by atoms with E-state index >= 15 is 0 Å². The number of hydrogen-bond acceptors (Lipinski definition) is 6. The second kappa shape index (κ2) is 6.89. The number of hydrogen-bond donors (Lipinski definition) is 2. The molecule has 5 nitrogen and oxygen atoms in total. The van der Waals surface area contributed by atoms with Crippen LogP contribution < -0.4 is 5.32 Å². The summed E-state index contributed by atoms with van der Waals surface area (Å²) in [7, 11) is 2.83. The van der Waals surface area contributed by atoms with Crippen molar-refractivity contribution in [1.29, 1.82) is 0 Å². The zero-order valence-electron chi connectivity index (χ0n) is 12.3. The number of aliphatic carboxylic acids is 1. The van der Waals surface area contributed by atoms with Crippen LogP contribution in [0.25, 0.3) is 10.2 Å². The van der Waals surface area contributed by atoms with Gasteiger partial charge < -0.3 is 10.4 Å². The van der Waals surface area contributed by atoms with Crippen LogP contribution in [0.1, 0.15) is 20.8 Å². The number of nitrogens with one attached hydrogen (secondary N) is 1. The maximum Gasteiger partial charge on any atom is 0.327 e. The van der Waals surface area contributed by atoms with Gasteiger partial charge in [-0.05, 0) is 36.8 Å². The smallest absolute Gasteiger partial charge is 0.327 e. The molecular formula is C14H16N2O3S3. The van der Waals surface area contributed by atoms with E-state index in [4.69, 9.17) is 0 Å². The highest BCUT2D eigenvalue weighted by atomic mass is 33.1. The Morgan fingerprint density at radius 3 is 2.64 bits per heavy atom. The zero-order valence-corrected chi connectivity index (χ0v) is 14.8. The van der Waals surface area contributed by atoms with Gasteiger partial charge in [0.25, 0.3) is 0 Å². The molecule has 8 heteroatoms. The van der Waals surface area contributed by atoms with Gasteiger partial charge >= 0.3 is 5.97 Å². The van der Waals surface area contributed by atoms with Crippen LogP contribution in [-0.4, -0.2) is 32.8 Å². The van der Waals surface area contributed by atoms with Gasteiger partial charge in [-0.15, -0.1) is 11.3 Å². The molecule has 0 radical (unpaired) electrons. The summed E-state index contributed by atoms with van der Waals surface area (Å²) in [6, 6.07) is 6.89. The number of nitrogens with zero attached hydrogens (tertiary/aromatic N) is 1. The average Bonchev–Trinajstić information content (AvgIpc) is 2.85. The molecule has 1 unspecified atom stereocenters. The summed E-state index contributed by atoms with van der Waals surface area (Å²) in [4.78, 5) is 27.1. The molecule has 1 atom stereocenters. The van der Waals surface area contributed by atoms with E-state index in [0.29, 0.717) is 0 Å². The Kier molecular flexibility index (Phi) is 5.36. The number of rotatable bonds is 6. The molecule has 0 saturated heterocycles. The Morgan fingerprint density at radius 2 is 2.05 bits per heavy atom. The van der Waals surface area contributed by atoms with Crippen LogP contribution in [0.3, 0.4) is 0 Å². The first-order valence-electron chi connectivity index (χ1n) is 6.51. The fourth-order valence-electron chi connectivity index (χ4n) is 1.81. The molecule has 2 N–H and O–H groups in total. The van der Waals surface area contributed by atoms with E-state index in [-0.39, 0.29) is 5.91 Å². The molecule has 1 aromatic heterocycles. The van der Waals surface area contributed by atoms with E-state index in [9.17, 15) is 14.7 Å². The van der Waals surface area contributed by atoms with Gasteiger partial charge in [-0.25, -0.2) is 9.78 Å². The third-order valence-electron chi connectivity index (χ3n) is 2.89. The van der Waals surface area contributed by atoms with Crippen LogP contribution in [0.2, 0.25) is 0 Å². The highest BCUT2D eigenvalue weighted by molar-refractivity contribution is 8.77. The standard InChI is InChI=1S/C14H16N2O3S3/c1-8(17)15-11(12(18)19)14(2,3)22-21-13-16-9-6-4-5-7-10(9)20-13/h4-7,11H,1-3H3,(H,15,17)(H,18,19). The highest BCUT2D eigenvalue weighted by Crippen LogP contribution is 2.44. The third kappa shape index (κ3) is 4.15. The lowest BCUT2D eigenvalue weighted by Crippen LogP contribution is -2.51. The molecule has 2 aromatic rings. The molecule has 1 amide bonds. The first kappa shape index (κ1) is 17.1. The summed E-state index contributed by atoms with van der Waals surface area (Å²) in [5, 5.41) is 11.8. The lowest BCUT2D eigenvalue weighted by Gasteiger charge is -2.30. The molecule has 0 saturated carbocycles. The number of para-hydroxylation sites is 1. The number of benzene rings is 1. The van der Waals surface area contributed by atoms with Crippen molar-refractivity contribution in [2.24, 2.45) is 0 Å². The van der Waals surface area contributed by atoms with Crippen molar-refractivity contribution < 1.29 is 14.7 Å². The molecule has 2 rings (SSSR count). The highest BCUT2D eigenvalue weighted by Gasteiger charge is 2.37. The Labute approximate surface area is 140 Å². The molecule has 0 aliphatic rings. The monoisotopic (exact) mass is 356 g/mol. The number of aromatic nitrogens is 1. The van der Waals surface area contributed by atoms with E-state index < -0.39 is 16.8 Å². The van der Waals surface area contributed by atoms with Crippen LogP contribution >= 0.6 is 32.9 Å². The van der Waals surface area contributed by atoms with E-state index in [1.807, 2.05) is 24.3 Å². The van der Waals surface area contributed by atoms with Gasteiger partial charge in [-0.1, -0.05) is 22.9 Å². The molecule has 0 aliphatic heterocycles. The molecule has 1 heterocycles. The molecule has 22 heavy (non-hydrogen) atoms. The number of carbonyl (C=O) groups excluding carboxylic acids is 1. The minimum Gasteiger partial charge on any atom is -0.480 e. The molecular weight excluding hydrogens is 340 g/mol. The molecule has 1 aromatic carbocycles. The topological polar surface area (TPSA) is 79.3 Å². The van der Waals surface area contributed by atoms with Gasteiger partial charge in [-0.2, -0.15) is 0 Å². The molecule has 118 valence electrons. The van der Waals surface area contributed by atoms with E-state index in [0.717, 1.165) is 14.6 Å². The zero-order chi connectivity index (χ0) is 16.3. The number of carbonyl (C=O) groups is 2. The maximum atomic E-state index is 11.4. The summed E-state index contributed by atoms with van der Waals surface area (Å²) in [6.07, 6.45) is 0. The van der Waals surface area contributed by atoms with E-state index in [1.165, 1.54) is 28.5 Å². The van der Waals surface area contributed by atoms with Crippen molar-refractivity contribution >= 4 is 55.0 Å². The SMILES string of the molecule is CC(=O)NC(C(=O)O)C(C)(C)SSc1nc2ccccc2s1. The summed E-state index contributed by atoms with van der Waals surface area (Å²) in [5.41, 5.74) is 0.935. The van der Waals surface area contributed by atoms with Crippen LogP contribution in [0.4, 0.5) is 0 Å². The second-order valence-electron chi connectivity index (χ2n) is 5.19. The Bertz CT molecular complexity index is 666. The Morgan fingerprint density at radius 1 is 1.36 bits per heavy atom. The minimum atomic E-state index is -1.04. The van der Waals surface area contributed by atoms with Crippen molar-refractivity contribution in [3.8, 4) is 0 Å². The second-order valence-corrected chi connectivity index (χ2v) is 9.25. The fraction of sp³-hybridized carbons (Fsp3) is 0.357. The van der Waals surface area contributed by atoms with Crippen molar-refractivity contribution in [2.75, 3.05) is 0 Å².